The largest absolute Gasteiger partial charge is 0.497 e. The summed E-state index contributed by atoms with van der Waals surface area (Å²) in [5, 5.41) is 2.89. The average Bonchev–Trinajstić information content (AvgIpc) is 2.66. The fourth-order valence-electron chi connectivity index (χ4n) is 2.54. The summed E-state index contributed by atoms with van der Waals surface area (Å²) in [6, 6.07) is 17.7. The minimum atomic E-state index is 0.0158. The highest BCUT2D eigenvalue weighted by Gasteiger charge is 2.04. The van der Waals surface area contributed by atoms with Gasteiger partial charge in [0.1, 0.15) is 5.75 Å². The minimum Gasteiger partial charge on any atom is -0.497 e. The van der Waals surface area contributed by atoms with Crippen LogP contribution < -0.4 is 10.1 Å². The highest BCUT2D eigenvalue weighted by atomic mass is 16.5. The number of ether oxygens (including phenoxy) is 1. The molecule has 0 aliphatic carbocycles. The molecule has 3 heteroatoms. The van der Waals surface area contributed by atoms with Crippen molar-refractivity contribution in [2.45, 2.75) is 38.5 Å². The number of hydrogen-bond acceptors (Lipinski definition) is 2. The van der Waals surface area contributed by atoms with Crippen molar-refractivity contribution in [1.29, 1.82) is 0 Å². The van der Waals surface area contributed by atoms with Crippen LogP contribution in [0.4, 0.5) is 5.69 Å². The molecule has 0 heterocycles. The zero-order chi connectivity index (χ0) is 17.9. The maximum atomic E-state index is 12.0. The van der Waals surface area contributed by atoms with E-state index in [4.69, 9.17) is 4.74 Å². The third kappa shape index (κ3) is 6.35. The Bertz CT molecular complexity index is 711. The van der Waals surface area contributed by atoms with E-state index < -0.39 is 0 Å². The highest BCUT2D eigenvalue weighted by Crippen LogP contribution is 2.18. The molecular weight excluding hydrogens is 310 g/mol. The SMILES string of the molecule is CC[C@@H](C#CCCCC(=O)Nc1ccc(OC)cc1)c1ccccc1. The van der Waals surface area contributed by atoms with Crippen LogP contribution in [-0.2, 0) is 4.79 Å². The van der Waals surface area contributed by atoms with E-state index in [1.54, 1.807) is 7.11 Å². The first kappa shape index (κ1) is 18.6. The molecule has 2 aromatic rings. The van der Waals surface area contributed by atoms with E-state index >= 15 is 0 Å². The Morgan fingerprint density at radius 1 is 1.12 bits per heavy atom. The van der Waals surface area contributed by atoms with Crippen molar-refractivity contribution in [2.24, 2.45) is 0 Å². The summed E-state index contributed by atoms with van der Waals surface area (Å²) in [7, 11) is 1.62. The maximum Gasteiger partial charge on any atom is 0.224 e. The maximum absolute atomic E-state index is 12.0. The number of hydrogen-bond donors (Lipinski definition) is 1. The van der Waals surface area contributed by atoms with Gasteiger partial charge in [-0.05, 0) is 42.7 Å². The van der Waals surface area contributed by atoms with Crippen molar-refractivity contribution in [1.82, 2.24) is 0 Å². The van der Waals surface area contributed by atoms with Crippen LogP contribution in [0.25, 0.3) is 0 Å². The van der Waals surface area contributed by atoms with Crippen LogP contribution in [0, 0.1) is 11.8 Å². The summed E-state index contributed by atoms with van der Waals surface area (Å²) < 4.78 is 5.10. The van der Waals surface area contributed by atoms with Crippen molar-refractivity contribution < 1.29 is 9.53 Å². The van der Waals surface area contributed by atoms with Crippen LogP contribution in [0.15, 0.2) is 54.6 Å². The molecule has 2 rings (SSSR count). The van der Waals surface area contributed by atoms with Crippen LogP contribution in [0.2, 0.25) is 0 Å². The van der Waals surface area contributed by atoms with Gasteiger partial charge >= 0.3 is 0 Å². The molecule has 1 atom stereocenters. The fraction of sp³-hybridized carbons (Fsp3) is 0.318. The van der Waals surface area contributed by atoms with Crippen LogP contribution >= 0.6 is 0 Å². The number of nitrogens with one attached hydrogen (secondary N) is 1. The molecule has 0 aliphatic heterocycles. The van der Waals surface area contributed by atoms with Gasteiger partial charge in [-0.2, -0.15) is 0 Å². The molecule has 0 aromatic heterocycles. The summed E-state index contributed by atoms with van der Waals surface area (Å²) in [5.74, 6) is 7.61. The number of amides is 1. The molecule has 1 amide bonds. The third-order valence-corrected chi connectivity index (χ3v) is 3.97. The number of benzene rings is 2. The number of anilines is 1. The lowest BCUT2D eigenvalue weighted by Crippen LogP contribution is -2.10. The van der Waals surface area contributed by atoms with Crippen molar-refractivity contribution in [3.63, 3.8) is 0 Å². The Labute approximate surface area is 150 Å². The van der Waals surface area contributed by atoms with Crippen LogP contribution in [0.5, 0.6) is 5.75 Å². The first-order chi connectivity index (χ1) is 12.2. The fourth-order valence-corrected chi connectivity index (χ4v) is 2.54. The molecule has 0 saturated heterocycles. The standard InChI is InChI=1S/C22H25NO2/c1-3-18(19-11-7-4-8-12-19)10-6-5-9-13-22(24)23-20-14-16-21(25-2)17-15-20/h4,7-8,11-12,14-18H,3,5,9,13H2,1-2H3,(H,23,24)/t18-/m0/s1. The van der Waals surface area contributed by atoms with Crippen molar-refractivity contribution in [3.05, 3.63) is 60.2 Å². The van der Waals surface area contributed by atoms with Gasteiger partial charge in [-0.25, -0.2) is 0 Å². The van der Waals surface area contributed by atoms with Gasteiger partial charge in [0.2, 0.25) is 5.91 Å². The zero-order valence-corrected chi connectivity index (χ0v) is 14.9. The van der Waals surface area contributed by atoms with Gasteiger partial charge in [-0.3, -0.25) is 4.79 Å². The summed E-state index contributed by atoms with van der Waals surface area (Å²) in [6.45, 7) is 2.15. The molecule has 0 spiro atoms. The molecule has 25 heavy (non-hydrogen) atoms. The number of methoxy groups -OCH3 is 1. The first-order valence-electron chi connectivity index (χ1n) is 8.70. The Kier molecular flexibility index (Phi) is 7.59. The molecule has 130 valence electrons. The lowest BCUT2D eigenvalue weighted by Gasteiger charge is -2.07. The molecule has 0 bridgehead atoms. The summed E-state index contributed by atoms with van der Waals surface area (Å²) in [5.41, 5.74) is 2.04. The van der Waals surface area contributed by atoms with Gasteiger partial charge in [0.15, 0.2) is 0 Å². The number of carbonyl (C=O) groups excluding carboxylic acids is 1. The van der Waals surface area contributed by atoms with E-state index in [1.807, 2.05) is 42.5 Å². The normalized spacial score (nSPS) is 11.1. The van der Waals surface area contributed by atoms with Gasteiger partial charge in [-0.15, -0.1) is 5.92 Å². The molecule has 0 radical (unpaired) electrons. The van der Waals surface area contributed by atoms with Crippen molar-refractivity contribution in [2.75, 3.05) is 12.4 Å². The monoisotopic (exact) mass is 335 g/mol. The Morgan fingerprint density at radius 3 is 2.48 bits per heavy atom. The van der Waals surface area contributed by atoms with E-state index in [1.165, 1.54) is 5.56 Å². The molecule has 3 nitrogen and oxygen atoms in total. The van der Waals surface area contributed by atoms with Crippen LogP contribution in [0.1, 0.15) is 44.1 Å². The Balaban J connectivity index is 1.74. The molecule has 1 N–H and O–H groups in total. The second-order valence-electron chi connectivity index (χ2n) is 5.82. The van der Waals surface area contributed by atoms with Gasteiger partial charge in [0.05, 0.1) is 7.11 Å². The van der Waals surface area contributed by atoms with Crippen LogP contribution in [-0.4, -0.2) is 13.0 Å². The number of rotatable bonds is 7. The zero-order valence-electron chi connectivity index (χ0n) is 14.9. The van der Waals surface area contributed by atoms with Crippen molar-refractivity contribution in [3.8, 4) is 17.6 Å². The second-order valence-corrected chi connectivity index (χ2v) is 5.82. The van der Waals surface area contributed by atoms with Crippen LogP contribution in [0.3, 0.4) is 0 Å². The first-order valence-corrected chi connectivity index (χ1v) is 8.70. The lowest BCUT2D eigenvalue weighted by molar-refractivity contribution is -0.116. The molecule has 0 saturated carbocycles. The topological polar surface area (TPSA) is 38.3 Å². The predicted octanol–water partition coefficient (Wildman–Crippen LogP) is 5.00. The summed E-state index contributed by atoms with van der Waals surface area (Å²) in [6.07, 6.45) is 2.97. The summed E-state index contributed by atoms with van der Waals surface area (Å²) >= 11 is 0. The predicted molar refractivity (Wildman–Crippen MR) is 103 cm³/mol. The Morgan fingerprint density at radius 2 is 1.84 bits per heavy atom. The average molecular weight is 335 g/mol. The van der Waals surface area contributed by atoms with E-state index in [0.29, 0.717) is 6.42 Å². The van der Waals surface area contributed by atoms with Gasteiger partial charge in [0.25, 0.3) is 0 Å². The lowest BCUT2D eigenvalue weighted by atomic mass is 9.97. The molecule has 2 aromatic carbocycles. The smallest absolute Gasteiger partial charge is 0.224 e. The number of unbranched alkanes of at least 4 members (excludes halogenated alkanes) is 1. The van der Waals surface area contributed by atoms with E-state index in [9.17, 15) is 4.79 Å². The van der Waals surface area contributed by atoms with Gasteiger partial charge in [0, 0.05) is 24.4 Å². The highest BCUT2D eigenvalue weighted by molar-refractivity contribution is 5.90. The second kappa shape index (κ2) is 10.2. The Hall–Kier alpha value is -2.73. The van der Waals surface area contributed by atoms with E-state index in [2.05, 4.69) is 36.2 Å². The van der Waals surface area contributed by atoms with Gasteiger partial charge < -0.3 is 10.1 Å². The summed E-state index contributed by atoms with van der Waals surface area (Å²) in [4.78, 5) is 12.0. The number of carbonyl (C=O) groups is 1. The molecule has 0 unspecified atom stereocenters. The van der Waals surface area contributed by atoms with Crippen molar-refractivity contribution >= 4 is 11.6 Å². The van der Waals surface area contributed by atoms with Gasteiger partial charge in [-0.1, -0.05) is 43.2 Å². The third-order valence-electron chi connectivity index (χ3n) is 3.97. The minimum absolute atomic E-state index is 0.0158. The van der Waals surface area contributed by atoms with E-state index in [-0.39, 0.29) is 11.8 Å². The molecule has 0 aliphatic rings. The quantitative estimate of drug-likeness (QED) is 0.571. The molecule has 0 fully saturated rings. The van der Waals surface area contributed by atoms with E-state index in [0.717, 1.165) is 30.7 Å². The molecular formula is C22H25NO2.